The first-order valence-electron chi connectivity index (χ1n) is 4.87. The Kier molecular flexibility index (Phi) is 2.62. The standard InChI is InChI=1S/C10H14N4/c1-2-5-14-10(11-9-12-14)8-13-6-3-4-7-13/h3-4,6-7,9H,2,5,8H2,1H3. The van der Waals surface area contributed by atoms with Crippen LogP contribution >= 0.6 is 0 Å². The van der Waals surface area contributed by atoms with E-state index >= 15 is 0 Å². The van der Waals surface area contributed by atoms with Crippen LogP contribution in [0.5, 0.6) is 0 Å². The van der Waals surface area contributed by atoms with E-state index in [0.29, 0.717) is 0 Å². The van der Waals surface area contributed by atoms with Crippen molar-refractivity contribution in [1.82, 2.24) is 19.3 Å². The summed E-state index contributed by atoms with van der Waals surface area (Å²) in [4.78, 5) is 4.24. The third kappa shape index (κ3) is 1.84. The van der Waals surface area contributed by atoms with Gasteiger partial charge < -0.3 is 4.57 Å². The molecule has 2 aromatic rings. The minimum absolute atomic E-state index is 0.799. The average molecular weight is 190 g/mol. The summed E-state index contributed by atoms with van der Waals surface area (Å²) in [5.74, 6) is 1.02. The molecule has 0 radical (unpaired) electrons. The van der Waals surface area contributed by atoms with Crippen LogP contribution in [0.4, 0.5) is 0 Å². The number of hydrogen-bond donors (Lipinski definition) is 0. The molecule has 0 aliphatic heterocycles. The summed E-state index contributed by atoms with van der Waals surface area (Å²) in [6, 6.07) is 4.03. The molecule has 0 spiro atoms. The maximum absolute atomic E-state index is 4.24. The predicted molar refractivity (Wildman–Crippen MR) is 53.8 cm³/mol. The Bertz CT molecular complexity index is 374. The lowest BCUT2D eigenvalue weighted by Crippen LogP contribution is -2.08. The Morgan fingerprint density at radius 3 is 2.79 bits per heavy atom. The zero-order valence-corrected chi connectivity index (χ0v) is 8.30. The van der Waals surface area contributed by atoms with Crippen molar-refractivity contribution in [2.45, 2.75) is 26.4 Å². The minimum Gasteiger partial charge on any atom is -0.347 e. The van der Waals surface area contributed by atoms with Gasteiger partial charge in [-0.3, -0.25) is 0 Å². The number of hydrogen-bond acceptors (Lipinski definition) is 2. The Labute approximate surface area is 83.2 Å². The quantitative estimate of drug-likeness (QED) is 0.733. The lowest BCUT2D eigenvalue weighted by Gasteiger charge is -2.04. The first kappa shape index (κ1) is 8.99. The highest BCUT2D eigenvalue weighted by Crippen LogP contribution is 2.00. The minimum atomic E-state index is 0.799. The molecule has 0 aromatic carbocycles. The third-order valence-electron chi connectivity index (χ3n) is 2.12. The molecule has 0 unspecified atom stereocenters. The van der Waals surface area contributed by atoms with Crippen molar-refractivity contribution in [2.75, 3.05) is 0 Å². The Hall–Kier alpha value is -1.58. The SMILES string of the molecule is CCCn1ncnc1Cn1cccc1. The molecule has 2 rings (SSSR count). The average Bonchev–Trinajstić information content (AvgIpc) is 2.80. The van der Waals surface area contributed by atoms with Crippen molar-refractivity contribution < 1.29 is 0 Å². The molecular formula is C10H14N4. The van der Waals surface area contributed by atoms with Gasteiger partial charge in [0.2, 0.25) is 0 Å². The number of aryl methyl sites for hydroxylation is 1. The highest BCUT2D eigenvalue weighted by Gasteiger charge is 2.02. The van der Waals surface area contributed by atoms with Crippen LogP contribution in [0.2, 0.25) is 0 Å². The van der Waals surface area contributed by atoms with Gasteiger partial charge >= 0.3 is 0 Å². The molecule has 74 valence electrons. The van der Waals surface area contributed by atoms with E-state index in [0.717, 1.165) is 25.3 Å². The summed E-state index contributed by atoms with van der Waals surface area (Å²) in [6.45, 7) is 3.88. The highest BCUT2D eigenvalue weighted by molar-refractivity contribution is 4.95. The summed E-state index contributed by atoms with van der Waals surface area (Å²) in [7, 11) is 0. The largest absolute Gasteiger partial charge is 0.347 e. The molecule has 4 nitrogen and oxygen atoms in total. The van der Waals surface area contributed by atoms with Crippen LogP contribution in [0.25, 0.3) is 0 Å². The second-order valence-corrected chi connectivity index (χ2v) is 3.25. The zero-order chi connectivity index (χ0) is 9.80. The van der Waals surface area contributed by atoms with E-state index in [1.807, 2.05) is 29.2 Å². The lowest BCUT2D eigenvalue weighted by molar-refractivity contribution is 0.555. The molecule has 0 aliphatic carbocycles. The zero-order valence-electron chi connectivity index (χ0n) is 8.30. The third-order valence-corrected chi connectivity index (χ3v) is 2.12. The van der Waals surface area contributed by atoms with Gasteiger partial charge in [-0.25, -0.2) is 9.67 Å². The Balaban J connectivity index is 2.12. The molecule has 2 heterocycles. The van der Waals surface area contributed by atoms with Gasteiger partial charge in [0.1, 0.15) is 12.2 Å². The molecule has 0 amide bonds. The van der Waals surface area contributed by atoms with Crippen LogP contribution in [0.1, 0.15) is 19.2 Å². The van der Waals surface area contributed by atoms with E-state index in [2.05, 4.69) is 21.6 Å². The molecule has 0 saturated carbocycles. The van der Waals surface area contributed by atoms with Gasteiger partial charge in [0, 0.05) is 18.9 Å². The van der Waals surface area contributed by atoms with Crippen molar-refractivity contribution in [3.8, 4) is 0 Å². The normalized spacial score (nSPS) is 10.6. The van der Waals surface area contributed by atoms with Crippen LogP contribution in [0.15, 0.2) is 30.9 Å². The van der Waals surface area contributed by atoms with E-state index in [-0.39, 0.29) is 0 Å². The van der Waals surface area contributed by atoms with E-state index in [1.165, 1.54) is 0 Å². The monoisotopic (exact) mass is 190 g/mol. The topological polar surface area (TPSA) is 35.6 Å². The molecule has 0 fully saturated rings. The van der Waals surface area contributed by atoms with Gasteiger partial charge in [0.25, 0.3) is 0 Å². The first-order valence-corrected chi connectivity index (χ1v) is 4.87. The van der Waals surface area contributed by atoms with Crippen molar-refractivity contribution in [3.05, 3.63) is 36.7 Å². The Morgan fingerprint density at radius 2 is 2.07 bits per heavy atom. The molecule has 0 N–H and O–H groups in total. The molecule has 0 bridgehead atoms. The van der Waals surface area contributed by atoms with Gasteiger partial charge in [-0.1, -0.05) is 6.92 Å². The van der Waals surface area contributed by atoms with Crippen LogP contribution in [-0.2, 0) is 13.1 Å². The fraction of sp³-hybridized carbons (Fsp3) is 0.400. The van der Waals surface area contributed by atoms with Gasteiger partial charge in [-0.15, -0.1) is 0 Å². The van der Waals surface area contributed by atoms with Crippen LogP contribution < -0.4 is 0 Å². The van der Waals surface area contributed by atoms with Crippen LogP contribution in [-0.4, -0.2) is 19.3 Å². The molecule has 0 atom stereocenters. The maximum atomic E-state index is 4.24. The summed E-state index contributed by atoms with van der Waals surface area (Å²) < 4.78 is 4.05. The van der Waals surface area contributed by atoms with Crippen molar-refractivity contribution >= 4 is 0 Å². The van der Waals surface area contributed by atoms with E-state index in [1.54, 1.807) is 6.33 Å². The summed E-state index contributed by atoms with van der Waals surface area (Å²) in [5, 5.41) is 4.18. The van der Waals surface area contributed by atoms with Crippen molar-refractivity contribution in [1.29, 1.82) is 0 Å². The summed E-state index contributed by atoms with van der Waals surface area (Å²) >= 11 is 0. The fourth-order valence-electron chi connectivity index (χ4n) is 1.45. The van der Waals surface area contributed by atoms with Crippen molar-refractivity contribution in [3.63, 3.8) is 0 Å². The smallest absolute Gasteiger partial charge is 0.146 e. The molecule has 2 aromatic heterocycles. The van der Waals surface area contributed by atoms with Gasteiger partial charge in [0.05, 0.1) is 6.54 Å². The first-order chi connectivity index (χ1) is 6.90. The molecular weight excluding hydrogens is 176 g/mol. The van der Waals surface area contributed by atoms with Crippen molar-refractivity contribution in [2.24, 2.45) is 0 Å². The van der Waals surface area contributed by atoms with E-state index < -0.39 is 0 Å². The molecule has 14 heavy (non-hydrogen) atoms. The van der Waals surface area contributed by atoms with Gasteiger partial charge in [-0.2, -0.15) is 5.10 Å². The molecule has 4 heteroatoms. The molecule has 0 aliphatic rings. The van der Waals surface area contributed by atoms with Crippen LogP contribution in [0, 0.1) is 0 Å². The second-order valence-electron chi connectivity index (χ2n) is 3.25. The van der Waals surface area contributed by atoms with Gasteiger partial charge in [0.15, 0.2) is 0 Å². The second kappa shape index (κ2) is 4.09. The number of rotatable bonds is 4. The predicted octanol–water partition coefficient (Wildman–Crippen LogP) is 1.54. The van der Waals surface area contributed by atoms with Gasteiger partial charge in [-0.05, 0) is 18.6 Å². The Morgan fingerprint density at radius 1 is 1.29 bits per heavy atom. The van der Waals surface area contributed by atoms with E-state index in [4.69, 9.17) is 0 Å². The van der Waals surface area contributed by atoms with E-state index in [9.17, 15) is 0 Å². The highest BCUT2D eigenvalue weighted by atomic mass is 15.3. The maximum Gasteiger partial charge on any atom is 0.146 e. The number of aromatic nitrogens is 4. The van der Waals surface area contributed by atoms with Crippen LogP contribution in [0.3, 0.4) is 0 Å². The lowest BCUT2D eigenvalue weighted by atomic mass is 10.4. The summed E-state index contributed by atoms with van der Waals surface area (Å²) in [5.41, 5.74) is 0. The summed E-state index contributed by atoms with van der Waals surface area (Å²) in [6.07, 6.45) is 6.77. The molecule has 0 saturated heterocycles. The number of nitrogens with zero attached hydrogens (tertiary/aromatic N) is 4. The fourth-order valence-corrected chi connectivity index (χ4v) is 1.45.